The fraction of sp³-hybridized carbons (Fsp3) is 0.364. The van der Waals surface area contributed by atoms with E-state index in [9.17, 15) is 0 Å². The molecule has 1 saturated carbocycles. The normalized spacial score (nSPS) is 24.9. The van der Waals surface area contributed by atoms with Gasteiger partial charge in [0.15, 0.2) is 0 Å². The summed E-state index contributed by atoms with van der Waals surface area (Å²) in [6.45, 7) is 0. The standard InChI is InChI=1S/C11H11NO2/c12-7-8-3-1-2-4-11(8)14-10-5-9(13)6-10/h1-4,9-10,13H,5-6H2. The van der Waals surface area contributed by atoms with Crippen molar-refractivity contribution >= 4 is 0 Å². The second-order valence-electron chi connectivity index (χ2n) is 3.47. The van der Waals surface area contributed by atoms with E-state index in [1.54, 1.807) is 18.2 Å². The molecule has 3 heteroatoms. The minimum Gasteiger partial charge on any atom is -0.489 e. The summed E-state index contributed by atoms with van der Waals surface area (Å²) in [5, 5.41) is 17.9. The lowest BCUT2D eigenvalue weighted by molar-refractivity contribution is -0.0109. The van der Waals surface area contributed by atoms with Crippen LogP contribution in [0.4, 0.5) is 0 Å². The minimum absolute atomic E-state index is 0.0690. The van der Waals surface area contributed by atoms with Crippen molar-refractivity contribution in [2.75, 3.05) is 0 Å². The SMILES string of the molecule is N#Cc1ccccc1OC1CC(O)C1. The number of nitrogens with zero attached hydrogens (tertiary/aromatic N) is 1. The van der Waals surface area contributed by atoms with Crippen molar-refractivity contribution in [1.29, 1.82) is 5.26 Å². The third-order valence-corrected chi connectivity index (χ3v) is 2.37. The number of benzene rings is 1. The van der Waals surface area contributed by atoms with Crippen molar-refractivity contribution in [2.24, 2.45) is 0 Å². The second-order valence-corrected chi connectivity index (χ2v) is 3.47. The van der Waals surface area contributed by atoms with E-state index in [2.05, 4.69) is 6.07 Å². The first-order chi connectivity index (χ1) is 6.79. The van der Waals surface area contributed by atoms with Crippen LogP contribution in [0.25, 0.3) is 0 Å². The minimum atomic E-state index is -0.228. The molecule has 3 nitrogen and oxygen atoms in total. The molecule has 72 valence electrons. The Balaban J connectivity index is 2.06. The maximum absolute atomic E-state index is 9.08. The zero-order chi connectivity index (χ0) is 9.97. The molecule has 1 N–H and O–H groups in total. The quantitative estimate of drug-likeness (QED) is 0.766. The molecular formula is C11H11NO2. The predicted octanol–water partition coefficient (Wildman–Crippen LogP) is 1.46. The Morgan fingerprint density at radius 1 is 1.36 bits per heavy atom. The topological polar surface area (TPSA) is 53.2 Å². The van der Waals surface area contributed by atoms with Gasteiger partial charge in [-0.3, -0.25) is 0 Å². The monoisotopic (exact) mass is 189 g/mol. The van der Waals surface area contributed by atoms with Crippen molar-refractivity contribution < 1.29 is 9.84 Å². The smallest absolute Gasteiger partial charge is 0.137 e. The van der Waals surface area contributed by atoms with E-state index in [1.165, 1.54) is 0 Å². The van der Waals surface area contributed by atoms with Crippen molar-refractivity contribution in [3.63, 3.8) is 0 Å². The lowest BCUT2D eigenvalue weighted by Crippen LogP contribution is -2.37. The van der Waals surface area contributed by atoms with E-state index in [0.717, 1.165) is 0 Å². The number of aliphatic hydroxyl groups is 1. The van der Waals surface area contributed by atoms with Gasteiger partial charge in [-0.2, -0.15) is 5.26 Å². The van der Waals surface area contributed by atoms with Crippen LogP contribution in [0.3, 0.4) is 0 Å². The van der Waals surface area contributed by atoms with Gasteiger partial charge >= 0.3 is 0 Å². The largest absolute Gasteiger partial charge is 0.489 e. The molecule has 1 fully saturated rings. The number of para-hydroxylation sites is 1. The molecule has 1 aromatic rings. The van der Waals surface area contributed by atoms with Crippen LogP contribution < -0.4 is 4.74 Å². The third-order valence-electron chi connectivity index (χ3n) is 2.37. The van der Waals surface area contributed by atoms with Crippen LogP contribution in [0, 0.1) is 11.3 Å². The van der Waals surface area contributed by atoms with Gasteiger partial charge in [0.1, 0.15) is 17.9 Å². The summed E-state index contributed by atoms with van der Waals surface area (Å²) in [6.07, 6.45) is 1.17. The number of ether oxygens (including phenoxy) is 1. The van der Waals surface area contributed by atoms with Crippen LogP contribution in [-0.4, -0.2) is 17.3 Å². The van der Waals surface area contributed by atoms with E-state index in [1.807, 2.05) is 6.07 Å². The van der Waals surface area contributed by atoms with Gasteiger partial charge in [-0.1, -0.05) is 12.1 Å². The van der Waals surface area contributed by atoms with Crippen LogP contribution in [0.1, 0.15) is 18.4 Å². The van der Waals surface area contributed by atoms with Crippen LogP contribution in [0.2, 0.25) is 0 Å². The van der Waals surface area contributed by atoms with Gasteiger partial charge in [0.05, 0.1) is 11.7 Å². The van der Waals surface area contributed by atoms with E-state index >= 15 is 0 Å². The molecule has 1 aromatic carbocycles. The van der Waals surface area contributed by atoms with Gasteiger partial charge in [-0.15, -0.1) is 0 Å². The maximum atomic E-state index is 9.08. The molecule has 0 heterocycles. The first kappa shape index (κ1) is 9.04. The summed E-state index contributed by atoms with van der Waals surface area (Å²) in [4.78, 5) is 0. The number of nitriles is 1. The average Bonchev–Trinajstić information content (AvgIpc) is 2.16. The third kappa shape index (κ3) is 1.70. The Morgan fingerprint density at radius 3 is 2.71 bits per heavy atom. The Bertz CT molecular complexity index is 364. The summed E-state index contributed by atoms with van der Waals surface area (Å²) in [5.74, 6) is 0.618. The molecule has 1 aliphatic rings. The lowest BCUT2D eigenvalue weighted by atomic mass is 9.92. The Morgan fingerprint density at radius 2 is 2.07 bits per heavy atom. The highest BCUT2D eigenvalue weighted by Crippen LogP contribution is 2.27. The van der Waals surface area contributed by atoms with E-state index in [-0.39, 0.29) is 12.2 Å². The predicted molar refractivity (Wildman–Crippen MR) is 50.8 cm³/mol. The Hall–Kier alpha value is -1.53. The summed E-state index contributed by atoms with van der Waals surface area (Å²) in [6, 6.07) is 9.23. The summed E-state index contributed by atoms with van der Waals surface area (Å²) in [7, 11) is 0. The molecule has 0 spiro atoms. The molecule has 0 aliphatic heterocycles. The second kappa shape index (κ2) is 3.69. The van der Waals surface area contributed by atoms with Gasteiger partial charge in [-0.05, 0) is 12.1 Å². The molecule has 1 aliphatic carbocycles. The summed E-state index contributed by atoms with van der Waals surface area (Å²) >= 11 is 0. The highest BCUT2D eigenvalue weighted by molar-refractivity contribution is 5.42. The van der Waals surface area contributed by atoms with Crippen LogP contribution in [0.15, 0.2) is 24.3 Å². The first-order valence-electron chi connectivity index (χ1n) is 4.63. The Kier molecular flexibility index (Phi) is 2.38. The van der Waals surface area contributed by atoms with Gasteiger partial charge in [0, 0.05) is 12.8 Å². The van der Waals surface area contributed by atoms with E-state index < -0.39 is 0 Å². The van der Waals surface area contributed by atoms with E-state index in [4.69, 9.17) is 15.1 Å². The fourth-order valence-corrected chi connectivity index (χ4v) is 1.48. The Labute approximate surface area is 82.6 Å². The zero-order valence-corrected chi connectivity index (χ0v) is 7.68. The highest BCUT2D eigenvalue weighted by atomic mass is 16.5. The van der Waals surface area contributed by atoms with Crippen molar-refractivity contribution in [2.45, 2.75) is 25.0 Å². The molecule has 0 aromatic heterocycles. The van der Waals surface area contributed by atoms with Crippen LogP contribution >= 0.6 is 0 Å². The van der Waals surface area contributed by atoms with Crippen molar-refractivity contribution in [1.82, 2.24) is 0 Å². The van der Waals surface area contributed by atoms with Crippen LogP contribution in [0.5, 0.6) is 5.75 Å². The average molecular weight is 189 g/mol. The highest BCUT2D eigenvalue weighted by Gasteiger charge is 2.29. The van der Waals surface area contributed by atoms with Crippen molar-refractivity contribution in [3.05, 3.63) is 29.8 Å². The molecule has 14 heavy (non-hydrogen) atoms. The number of hydrogen-bond acceptors (Lipinski definition) is 3. The molecular weight excluding hydrogens is 178 g/mol. The van der Waals surface area contributed by atoms with Gasteiger partial charge in [0.2, 0.25) is 0 Å². The number of aliphatic hydroxyl groups excluding tert-OH is 1. The fourth-order valence-electron chi connectivity index (χ4n) is 1.48. The van der Waals surface area contributed by atoms with Gasteiger partial charge in [0.25, 0.3) is 0 Å². The number of rotatable bonds is 2. The molecule has 0 unspecified atom stereocenters. The summed E-state index contributed by atoms with van der Waals surface area (Å²) in [5.41, 5.74) is 0.550. The summed E-state index contributed by atoms with van der Waals surface area (Å²) < 4.78 is 5.56. The molecule has 0 atom stereocenters. The number of hydrogen-bond donors (Lipinski definition) is 1. The van der Waals surface area contributed by atoms with Gasteiger partial charge < -0.3 is 9.84 Å². The maximum Gasteiger partial charge on any atom is 0.137 e. The molecule has 2 rings (SSSR count). The lowest BCUT2D eigenvalue weighted by Gasteiger charge is -2.31. The van der Waals surface area contributed by atoms with Crippen molar-refractivity contribution in [3.8, 4) is 11.8 Å². The van der Waals surface area contributed by atoms with E-state index in [0.29, 0.717) is 24.2 Å². The first-order valence-corrected chi connectivity index (χ1v) is 4.63. The molecule has 0 amide bonds. The molecule has 0 bridgehead atoms. The zero-order valence-electron chi connectivity index (χ0n) is 7.68. The van der Waals surface area contributed by atoms with Gasteiger partial charge in [-0.25, -0.2) is 0 Å². The molecule has 0 saturated heterocycles. The van der Waals surface area contributed by atoms with Crippen LogP contribution in [-0.2, 0) is 0 Å². The molecule has 0 radical (unpaired) electrons.